The van der Waals surface area contributed by atoms with Gasteiger partial charge in [-0.2, -0.15) is 0 Å². The smallest absolute Gasteiger partial charge is 0.00145 e. The summed E-state index contributed by atoms with van der Waals surface area (Å²) in [5, 5.41) is 3.49. The van der Waals surface area contributed by atoms with Gasteiger partial charge in [0, 0.05) is 0 Å². The van der Waals surface area contributed by atoms with Crippen LogP contribution in [-0.2, 0) is 0 Å². The van der Waals surface area contributed by atoms with Gasteiger partial charge >= 0.3 is 0 Å². The highest BCUT2D eigenvalue weighted by atomic mass is 14.9. The van der Waals surface area contributed by atoms with E-state index < -0.39 is 0 Å². The van der Waals surface area contributed by atoms with Crippen molar-refractivity contribution >= 4 is 0 Å². The molecule has 1 aliphatic carbocycles. The maximum Gasteiger partial charge on any atom is -0.00145 e. The van der Waals surface area contributed by atoms with E-state index in [-0.39, 0.29) is 0 Å². The molecule has 0 amide bonds. The SMILES string of the molecule is CC(C)CNCC1CC=CC1. The first kappa shape index (κ1) is 8.79. The molecule has 0 saturated carbocycles. The van der Waals surface area contributed by atoms with Crippen molar-refractivity contribution in [3.63, 3.8) is 0 Å². The van der Waals surface area contributed by atoms with Crippen LogP contribution >= 0.6 is 0 Å². The molecule has 0 saturated heterocycles. The average molecular weight is 153 g/mol. The fourth-order valence-electron chi connectivity index (χ4n) is 1.42. The predicted octanol–water partition coefficient (Wildman–Crippen LogP) is 2.20. The van der Waals surface area contributed by atoms with Gasteiger partial charge in [-0.3, -0.25) is 0 Å². The zero-order valence-electron chi connectivity index (χ0n) is 7.64. The maximum atomic E-state index is 3.49. The molecular weight excluding hydrogens is 134 g/mol. The summed E-state index contributed by atoms with van der Waals surface area (Å²) in [4.78, 5) is 0. The van der Waals surface area contributed by atoms with Crippen molar-refractivity contribution in [2.24, 2.45) is 11.8 Å². The minimum Gasteiger partial charge on any atom is -0.316 e. The van der Waals surface area contributed by atoms with Crippen LogP contribution < -0.4 is 5.32 Å². The summed E-state index contributed by atoms with van der Waals surface area (Å²) < 4.78 is 0. The molecule has 0 radical (unpaired) electrons. The van der Waals surface area contributed by atoms with Gasteiger partial charge in [0.2, 0.25) is 0 Å². The van der Waals surface area contributed by atoms with Crippen LogP contribution in [0.4, 0.5) is 0 Å². The third kappa shape index (κ3) is 3.57. The highest BCUT2D eigenvalue weighted by Gasteiger charge is 2.08. The van der Waals surface area contributed by atoms with Crippen molar-refractivity contribution in [2.75, 3.05) is 13.1 Å². The topological polar surface area (TPSA) is 12.0 Å². The molecule has 0 aromatic rings. The molecule has 1 nitrogen and oxygen atoms in total. The van der Waals surface area contributed by atoms with E-state index in [0.29, 0.717) is 0 Å². The normalized spacial score (nSPS) is 18.5. The Morgan fingerprint density at radius 2 is 2.00 bits per heavy atom. The molecule has 1 rings (SSSR count). The van der Waals surface area contributed by atoms with Gasteiger partial charge in [0.05, 0.1) is 0 Å². The Labute approximate surface area is 69.9 Å². The summed E-state index contributed by atoms with van der Waals surface area (Å²) in [5.74, 6) is 1.66. The molecule has 0 aliphatic heterocycles. The van der Waals surface area contributed by atoms with Gasteiger partial charge in [-0.1, -0.05) is 26.0 Å². The lowest BCUT2D eigenvalue weighted by Crippen LogP contribution is -2.25. The summed E-state index contributed by atoms with van der Waals surface area (Å²) in [5.41, 5.74) is 0. The van der Waals surface area contributed by atoms with Gasteiger partial charge in [-0.05, 0) is 37.8 Å². The van der Waals surface area contributed by atoms with Gasteiger partial charge in [0.15, 0.2) is 0 Å². The first-order chi connectivity index (χ1) is 5.29. The Balaban J connectivity index is 1.95. The summed E-state index contributed by atoms with van der Waals surface area (Å²) in [6, 6.07) is 0. The molecule has 0 unspecified atom stereocenters. The molecule has 11 heavy (non-hydrogen) atoms. The third-order valence-electron chi connectivity index (χ3n) is 2.09. The average Bonchev–Trinajstić information content (AvgIpc) is 2.39. The summed E-state index contributed by atoms with van der Waals surface area (Å²) in [7, 11) is 0. The van der Waals surface area contributed by atoms with Crippen LogP contribution in [0.3, 0.4) is 0 Å². The summed E-state index contributed by atoms with van der Waals surface area (Å²) >= 11 is 0. The van der Waals surface area contributed by atoms with Gasteiger partial charge in [-0.25, -0.2) is 0 Å². The second-order valence-corrected chi connectivity index (χ2v) is 3.86. The first-order valence-corrected chi connectivity index (χ1v) is 4.64. The highest BCUT2D eigenvalue weighted by Crippen LogP contribution is 2.16. The van der Waals surface area contributed by atoms with Crippen LogP contribution in [0.5, 0.6) is 0 Å². The Kier molecular flexibility index (Phi) is 3.64. The lowest BCUT2D eigenvalue weighted by Gasteiger charge is -2.11. The lowest BCUT2D eigenvalue weighted by molar-refractivity contribution is 0.468. The molecule has 1 heteroatoms. The number of nitrogens with one attached hydrogen (secondary N) is 1. The molecule has 0 spiro atoms. The molecular formula is C10H19N. The van der Waals surface area contributed by atoms with Crippen molar-refractivity contribution < 1.29 is 0 Å². The maximum absolute atomic E-state index is 3.49. The second-order valence-electron chi connectivity index (χ2n) is 3.86. The lowest BCUT2D eigenvalue weighted by atomic mass is 10.1. The number of hydrogen-bond acceptors (Lipinski definition) is 1. The van der Waals surface area contributed by atoms with Crippen molar-refractivity contribution in [1.29, 1.82) is 0 Å². The Morgan fingerprint density at radius 3 is 2.55 bits per heavy atom. The van der Waals surface area contributed by atoms with Crippen molar-refractivity contribution in [3.8, 4) is 0 Å². The van der Waals surface area contributed by atoms with E-state index >= 15 is 0 Å². The van der Waals surface area contributed by atoms with Crippen LogP contribution in [-0.4, -0.2) is 13.1 Å². The van der Waals surface area contributed by atoms with Crippen LogP contribution in [0.25, 0.3) is 0 Å². The van der Waals surface area contributed by atoms with E-state index in [0.717, 1.165) is 18.4 Å². The molecule has 64 valence electrons. The molecule has 1 N–H and O–H groups in total. The van der Waals surface area contributed by atoms with Crippen LogP contribution in [0.2, 0.25) is 0 Å². The summed E-state index contributed by atoms with van der Waals surface area (Å²) in [6.07, 6.45) is 7.15. The number of allylic oxidation sites excluding steroid dienone is 2. The minimum absolute atomic E-state index is 0.782. The quantitative estimate of drug-likeness (QED) is 0.610. The zero-order chi connectivity index (χ0) is 8.10. The fourth-order valence-corrected chi connectivity index (χ4v) is 1.42. The van der Waals surface area contributed by atoms with Gasteiger partial charge in [-0.15, -0.1) is 0 Å². The Hall–Kier alpha value is -0.300. The van der Waals surface area contributed by atoms with Crippen molar-refractivity contribution in [3.05, 3.63) is 12.2 Å². The summed E-state index contributed by atoms with van der Waals surface area (Å²) in [6.45, 7) is 6.86. The third-order valence-corrected chi connectivity index (χ3v) is 2.09. The molecule has 0 aromatic heterocycles. The monoisotopic (exact) mass is 153 g/mol. The van der Waals surface area contributed by atoms with Crippen molar-refractivity contribution in [2.45, 2.75) is 26.7 Å². The van der Waals surface area contributed by atoms with Crippen LogP contribution in [0.15, 0.2) is 12.2 Å². The van der Waals surface area contributed by atoms with E-state index in [2.05, 4.69) is 31.3 Å². The first-order valence-electron chi connectivity index (χ1n) is 4.64. The van der Waals surface area contributed by atoms with Crippen LogP contribution in [0.1, 0.15) is 26.7 Å². The largest absolute Gasteiger partial charge is 0.316 e. The minimum atomic E-state index is 0.782. The fraction of sp³-hybridized carbons (Fsp3) is 0.800. The van der Waals surface area contributed by atoms with E-state index in [1.807, 2.05) is 0 Å². The Bertz CT molecular complexity index is 119. The van der Waals surface area contributed by atoms with Gasteiger partial charge in [0.1, 0.15) is 0 Å². The molecule has 0 heterocycles. The van der Waals surface area contributed by atoms with E-state index in [1.54, 1.807) is 0 Å². The second kappa shape index (κ2) is 4.55. The molecule has 0 aromatic carbocycles. The van der Waals surface area contributed by atoms with Gasteiger partial charge < -0.3 is 5.32 Å². The molecule has 0 bridgehead atoms. The van der Waals surface area contributed by atoms with Gasteiger partial charge in [0.25, 0.3) is 0 Å². The number of rotatable bonds is 4. The van der Waals surface area contributed by atoms with E-state index in [9.17, 15) is 0 Å². The molecule has 1 aliphatic rings. The van der Waals surface area contributed by atoms with Crippen LogP contribution in [0, 0.1) is 11.8 Å². The highest BCUT2D eigenvalue weighted by molar-refractivity contribution is 4.94. The van der Waals surface area contributed by atoms with Crippen molar-refractivity contribution in [1.82, 2.24) is 5.32 Å². The number of hydrogen-bond donors (Lipinski definition) is 1. The molecule has 0 fully saturated rings. The molecule has 0 atom stereocenters. The standard InChI is InChI=1S/C10H19N/c1-9(2)7-11-8-10-5-3-4-6-10/h3-4,9-11H,5-8H2,1-2H3. The zero-order valence-corrected chi connectivity index (χ0v) is 7.64. The Morgan fingerprint density at radius 1 is 1.36 bits per heavy atom. The van der Waals surface area contributed by atoms with E-state index in [1.165, 1.54) is 19.4 Å². The predicted molar refractivity (Wildman–Crippen MR) is 49.6 cm³/mol. The van der Waals surface area contributed by atoms with E-state index in [4.69, 9.17) is 0 Å².